The number of nitrogens with zero attached hydrogens (tertiary/aromatic N) is 4. The summed E-state index contributed by atoms with van der Waals surface area (Å²) < 4.78 is 7.39. The summed E-state index contributed by atoms with van der Waals surface area (Å²) in [6, 6.07) is 13.3. The van der Waals surface area contributed by atoms with Gasteiger partial charge in [0.25, 0.3) is 10.8 Å². The number of unbranched alkanes of at least 4 members (excludes halogenated alkanes) is 1. The molecule has 154 valence electrons. The van der Waals surface area contributed by atoms with Crippen LogP contribution in [0.1, 0.15) is 29.9 Å². The molecule has 0 aliphatic carbocycles. The van der Waals surface area contributed by atoms with Crippen molar-refractivity contribution in [1.29, 1.82) is 0 Å². The SMILES string of the molecule is Cc1cccc2c(=O)n(CCCCSc3nnc(Cc4ccc(Cl)cc4)o3)cnc12. The molecule has 4 rings (SSSR count). The van der Waals surface area contributed by atoms with E-state index >= 15 is 0 Å². The molecule has 2 aromatic carbocycles. The molecule has 8 heteroatoms. The normalized spacial score (nSPS) is 11.3. The van der Waals surface area contributed by atoms with Crippen LogP contribution < -0.4 is 5.56 Å². The van der Waals surface area contributed by atoms with Crippen LogP contribution in [0.25, 0.3) is 10.9 Å². The van der Waals surface area contributed by atoms with Gasteiger partial charge in [0.1, 0.15) is 0 Å². The van der Waals surface area contributed by atoms with Crippen LogP contribution >= 0.6 is 23.4 Å². The standard InChI is InChI=1S/C22H21ClN4O2S/c1-15-5-4-6-18-20(15)24-14-27(21(18)28)11-2-3-12-30-22-26-25-19(29-22)13-16-7-9-17(23)10-8-16/h4-10,14H,2-3,11-13H2,1H3. The average molecular weight is 441 g/mol. The highest BCUT2D eigenvalue weighted by atomic mass is 35.5. The molecule has 0 amide bonds. The van der Waals surface area contributed by atoms with Gasteiger partial charge in [0.2, 0.25) is 5.89 Å². The molecule has 0 fully saturated rings. The summed E-state index contributed by atoms with van der Waals surface area (Å²) in [6.45, 7) is 2.61. The van der Waals surface area contributed by atoms with Gasteiger partial charge < -0.3 is 4.42 Å². The monoisotopic (exact) mass is 440 g/mol. The lowest BCUT2D eigenvalue weighted by atomic mass is 10.1. The Hall–Kier alpha value is -2.64. The summed E-state index contributed by atoms with van der Waals surface area (Å²) in [5, 5.41) is 10.1. The molecule has 0 aliphatic heterocycles. The summed E-state index contributed by atoms with van der Waals surface area (Å²) in [7, 11) is 0. The molecular weight excluding hydrogens is 420 g/mol. The molecule has 4 aromatic rings. The molecule has 0 bridgehead atoms. The van der Waals surface area contributed by atoms with E-state index in [1.54, 1.807) is 10.9 Å². The van der Waals surface area contributed by atoms with E-state index in [-0.39, 0.29) is 5.56 Å². The minimum Gasteiger partial charge on any atom is -0.416 e. The van der Waals surface area contributed by atoms with Gasteiger partial charge in [-0.25, -0.2) is 4.98 Å². The van der Waals surface area contributed by atoms with Gasteiger partial charge in [-0.05, 0) is 49.1 Å². The summed E-state index contributed by atoms with van der Waals surface area (Å²) in [5.74, 6) is 1.43. The zero-order valence-electron chi connectivity index (χ0n) is 16.5. The van der Waals surface area contributed by atoms with Crippen molar-refractivity contribution in [3.8, 4) is 0 Å². The molecule has 0 atom stereocenters. The van der Waals surface area contributed by atoms with Crippen LogP contribution in [0.2, 0.25) is 5.02 Å². The fraction of sp³-hybridized carbons (Fsp3) is 0.273. The maximum absolute atomic E-state index is 12.6. The topological polar surface area (TPSA) is 73.8 Å². The van der Waals surface area contributed by atoms with Crippen LogP contribution in [0.5, 0.6) is 0 Å². The summed E-state index contributed by atoms with van der Waals surface area (Å²) in [5.41, 5.74) is 2.88. The van der Waals surface area contributed by atoms with E-state index in [2.05, 4.69) is 15.2 Å². The van der Waals surface area contributed by atoms with E-state index in [0.29, 0.717) is 34.5 Å². The number of rotatable bonds is 8. The van der Waals surface area contributed by atoms with E-state index in [0.717, 1.165) is 35.2 Å². The molecule has 30 heavy (non-hydrogen) atoms. The van der Waals surface area contributed by atoms with Gasteiger partial charge in [-0.3, -0.25) is 9.36 Å². The molecule has 0 N–H and O–H groups in total. The van der Waals surface area contributed by atoms with Crippen molar-refractivity contribution in [3.05, 3.63) is 81.2 Å². The fourth-order valence-electron chi connectivity index (χ4n) is 3.19. The van der Waals surface area contributed by atoms with Gasteiger partial charge in [-0.1, -0.05) is 47.6 Å². The quantitative estimate of drug-likeness (QED) is 0.286. The summed E-state index contributed by atoms with van der Waals surface area (Å²) in [4.78, 5) is 17.1. The maximum Gasteiger partial charge on any atom is 0.276 e. The van der Waals surface area contributed by atoms with Crippen LogP contribution in [0.4, 0.5) is 0 Å². The molecule has 0 saturated carbocycles. The predicted octanol–water partition coefficient (Wildman–Crippen LogP) is 4.90. The van der Waals surface area contributed by atoms with Gasteiger partial charge in [-0.15, -0.1) is 10.2 Å². The summed E-state index contributed by atoms with van der Waals surface area (Å²) in [6.07, 6.45) is 4.03. The minimum absolute atomic E-state index is 0.0140. The lowest BCUT2D eigenvalue weighted by Gasteiger charge is -2.07. The molecule has 0 unspecified atom stereocenters. The third-order valence-electron chi connectivity index (χ3n) is 4.79. The van der Waals surface area contributed by atoms with Gasteiger partial charge in [0, 0.05) is 17.3 Å². The Kier molecular flexibility index (Phi) is 6.50. The second-order valence-corrected chi connectivity index (χ2v) is 8.52. The van der Waals surface area contributed by atoms with Crippen LogP contribution in [0, 0.1) is 6.92 Å². The second kappa shape index (κ2) is 9.45. The van der Waals surface area contributed by atoms with E-state index in [9.17, 15) is 4.79 Å². The smallest absolute Gasteiger partial charge is 0.276 e. The van der Waals surface area contributed by atoms with Crippen molar-refractivity contribution in [2.45, 2.75) is 38.0 Å². The maximum atomic E-state index is 12.6. The first kappa shape index (κ1) is 20.6. The van der Waals surface area contributed by atoms with Crippen molar-refractivity contribution in [2.24, 2.45) is 0 Å². The Morgan fingerprint density at radius 2 is 1.93 bits per heavy atom. The van der Waals surface area contributed by atoms with E-state index in [1.165, 1.54) is 11.8 Å². The Balaban J connectivity index is 1.25. The Bertz CT molecular complexity index is 1200. The van der Waals surface area contributed by atoms with Crippen molar-refractivity contribution in [3.63, 3.8) is 0 Å². The zero-order chi connectivity index (χ0) is 20.9. The molecule has 6 nitrogen and oxygen atoms in total. The lowest BCUT2D eigenvalue weighted by molar-refractivity contribution is 0.420. The molecule has 0 radical (unpaired) electrons. The number of hydrogen-bond acceptors (Lipinski definition) is 6. The Morgan fingerprint density at radius 3 is 2.77 bits per heavy atom. The van der Waals surface area contributed by atoms with Crippen molar-refractivity contribution < 1.29 is 4.42 Å². The van der Waals surface area contributed by atoms with Crippen molar-refractivity contribution >= 4 is 34.3 Å². The average Bonchev–Trinajstić information content (AvgIpc) is 3.19. The number of hydrogen-bond donors (Lipinski definition) is 0. The summed E-state index contributed by atoms with van der Waals surface area (Å²) >= 11 is 7.44. The number of para-hydroxylation sites is 1. The molecule has 0 saturated heterocycles. The highest BCUT2D eigenvalue weighted by Crippen LogP contribution is 2.20. The molecule has 0 aliphatic rings. The largest absolute Gasteiger partial charge is 0.416 e. The highest BCUT2D eigenvalue weighted by molar-refractivity contribution is 7.99. The number of benzene rings is 2. The van der Waals surface area contributed by atoms with Gasteiger partial charge in [0.05, 0.1) is 23.7 Å². The Labute approximate surface area is 183 Å². The van der Waals surface area contributed by atoms with Crippen LogP contribution in [0.15, 0.2) is 63.2 Å². The zero-order valence-corrected chi connectivity index (χ0v) is 18.1. The minimum atomic E-state index is 0.0140. The molecule has 2 heterocycles. The van der Waals surface area contributed by atoms with E-state index in [4.69, 9.17) is 16.0 Å². The first-order chi connectivity index (χ1) is 14.6. The number of aryl methyl sites for hydroxylation is 2. The number of halogens is 1. The van der Waals surface area contributed by atoms with Gasteiger partial charge in [0.15, 0.2) is 0 Å². The van der Waals surface area contributed by atoms with Crippen molar-refractivity contribution in [2.75, 3.05) is 5.75 Å². The molecule has 0 spiro atoms. The van der Waals surface area contributed by atoms with E-state index < -0.39 is 0 Å². The highest BCUT2D eigenvalue weighted by Gasteiger charge is 2.09. The lowest BCUT2D eigenvalue weighted by Crippen LogP contribution is -2.21. The van der Waals surface area contributed by atoms with Crippen LogP contribution in [-0.2, 0) is 13.0 Å². The first-order valence-electron chi connectivity index (χ1n) is 9.74. The number of thioether (sulfide) groups is 1. The number of fused-ring (bicyclic) bond motifs is 1. The van der Waals surface area contributed by atoms with Gasteiger partial charge >= 0.3 is 0 Å². The Morgan fingerprint density at radius 1 is 1.10 bits per heavy atom. The molecule has 2 aromatic heterocycles. The first-order valence-corrected chi connectivity index (χ1v) is 11.1. The molecular formula is C22H21ClN4O2S. The third kappa shape index (κ3) is 4.91. The van der Waals surface area contributed by atoms with Crippen LogP contribution in [-0.4, -0.2) is 25.5 Å². The van der Waals surface area contributed by atoms with Gasteiger partial charge in [-0.2, -0.15) is 0 Å². The fourth-order valence-corrected chi connectivity index (χ4v) is 4.09. The van der Waals surface area contributed by atoms with E-state index in [1.807, 2.05) is 49.4 Å². The second-order valence-electron chi connectivity index (χ2n) is 7.03. The van der Waals surface area contributed by atoms with Crippen molar-refractivity contribution in [1.82, 2.24) is 19.7 Å². The number of aromatic nitrogens is 4. The third-order valence-corrected chi connectivity index (χ3v) is 5.95. The predicted molar refractivity (Wildman–Crippen MR) is 119 cm³/mol. The van der Waals surface area contributed by atoms with Crippen LogP contribution in [0.3, 0.4) is 0 Å².